The summed E-state index contributed by atoms with van der Waals surface area (Å²) < 4.78 is 1.98. The first kappa shape index (κ1) is 14.8. The second-order valence-electron chi connectivity index (χ2n) is 5.10. The van der Waals surface area contributed by atoms with Crippen molar-refractivity contribution in [3.8, 4) is 0 Å². The van der Waals surface area contributed by atoms with Crippen LogP contribution in [0.15, 0.2) is 12.3 Å². The van der Waals surface area contributed by atoms with E-state index in [0.29, 0.717) is 4.99 Å². The van der Waals surface area contributed by atoms with Gasteiger partial charge in [0.05, 0.1) is 9.74 Å². The molecule has 1 aliphatic heterocycles. The molecule has 2 rings (SSSR count). The van der Waals surface area contributed by atoms with E-state index >= 15 is 0 Å². The molecule has 0 amide bonds. The number of aromatic nitrogens is 2. The zero-order valence-electron chi connectivity index (χ0n) is 11.6. The molecular weight excluding hydrogens is 276 g/mol. The predicted octanol–water partition coefficient (Wildman–Crippen LogP) is 1.45. The number of nitrogens with zero attached hydrogens (tertiary/aromatic N) is 3. The summed E-state index contributed by atoms with van der Waals surface area (Å²) >= 11 is 7.05. The summed E-state index contributed by atoms with van der Waals surface area (Å²) in [5.41, 5.74) is 7.20. The molecule has 106 valence electrons. The molecule has 2 N–H and O–H groups in total. The quantitative estimate of drug-likeness (QED) is 0.834. The number of thiocarbonyl (C=S) groups is 1. The molecule has 19 heavy (non-hydrogen) atoms. The van der Waals surface area contributed by atoms with Gasteiger partial charge >= 0.3 is 0 Å². The maximum atomic E-state index is 5.91. The Morgan fingerprint density at radius 3 is 2.68 bits per heavy atom. The number of hydrogen-bond acceptors (Lipinski definition) is 4. The Balaban J connectivity index is 1.84. The van der Waals surface area contributed by atoms with Crippen LogP contribution in [0, 0.1) is 0 Å². The van der Waals surface area contributed by atoms with E-state index in [1.54, 1.807) is 0 Å². The molecule has 0 bridgehead atoms. The highest BCUT2D eigenvalue weighted by Gasteiger charge is 2.36. The number of aryl methyl sites for hydroxylation is 1. The molecule has 0 atom stereocenters. The highest BCUT2D eigenvalue weighted by molar-refractivity contribution is 8.02. The van der Waals surface area contributed by atoms with Gasteiger partial charge in [-0.05, 0) is 38.3 Å². The Morgan fingerprint density at radius 1 is 1.53 bits per heavy atom. The molecule has 1 fully saturated rings. The van der Waals surface area contributed by atoms with Gasteiger partial charge in [-0.2, -0.15) is 16.9 Å². The second kappa shape index (κ2) is 6.24. The Hall–Kier alpha value is -0.590. The summed E-state index contributed by atoms with van der Waals surface area (Å²) in [5.74, 6) is 0. The maximum absolute atomic E-state index is 5.91. The first-order valence-electron chi connectivity index (χ1n) is 6.62. The number of nitrogens with two attached hydrogens (primary N) is 1. The number of piperidine rings is 1. The fraction of sp³-hybridized carbons (Fsp3) is 0.692. The molecule has 1 aliphatic rings. The van der Waals surface area contributed by atoms with Crippen molar-refractivity contribution in [1.29, 1.82) is 0 Å². The fourth-order valence-corrected chi connectivity index (χ4v) is 3.85. The summed E-state index contributed by atoms with van der Waals surface area (Å²) in [7, 11) is 2.00. The normalized spacial score (nSPS) is 19.5. The minimum atomic E-state index is 0.0262. The van der Waals surface area contributed by atoms with E-state index in [9.17, 15) is 0 Å². The van der Waals surface area contributed by atoms with E-state index in [4.69, 9.17) is 18.0 Å². The van der Waals surface area contributed by atoms with Crippen molar-refractivity contribution < 1.29 is 0 Å². The van der Waals surface area contributed by atoms with Crippen molar-refractivity contribution in [3.63, 3.8) is 0 Å². The molecule has 0 spiro atoms. The third-order valence-corrected chi connectivity index (χ3v) is 6.04. The monoisotopic (exact) mass is 298 g/mol. The van der Waals surface area contributed by atoms with Crippen LogP contribution in [-0.4, -0.2) is 50.3 Å². The van der Waals surface area contributed by atoms with Crippen LogP contribution in [0.3, 0.4) is 0 Å². The van der Waals surface area contributed by atoms with Crippen molar-refractivity contribution in [2.45, 2.75) is 24.0 Å². The van der Waals surface area contributed by atoms with Gasteiger partial charge in [0.1, 0.15) is 0 Å². The standard InChI is InChI=1S/C13H22N4S2/c1-16-11(3-7-15-16)4-8-17-9-5-13(19-2,6-10-17)12(14)18/h3,7H,4-6,8-10H2,1-2H3,(H2,14,18). The summed E-state index contributed by atoms with van der Waals surface area (Å²) in [5, 5.41) is 4.20. The minimum Gasteiger partial charge on any atom is -0.392 e. The molecule has 1 aromatic rings. The average molecular weight is 298 g/mol. The lowest BCUT2D eigenvalue weighted by molar-refractivity contribution is 0.221. The van der Waals surface area contributed by atoms with Crippen molar-refractivity contribution in [1.82, 2.24) is 14.7 Å². The largest absolute Gasteiger partial charge is 0.392 e. The zero-order valence-corrected chi connectivity index (χ0v) is 13.3. The van der Waals surface area contributed by atoms with Gasteiger partial charge in [0.25, 0.3) is 0 Å². The SMILES string of the molecule is CSC1(C(N)=S)CCN(CCc2ccnn2C)CC1. The fourth-order valence-electron chi connectivity index (χ4n) is 2.61. The Bertz CT molecular complexity index is 436. The smallest absolute Gasteiger partial charge is 0.0891 e. The topological polar surface area (TPSA) is 47.1 Å². The predicted molar refractivity (Wildman–Crippen MR) is 85.6 cm³/mol. The highest BCUT2D eigenvalue weighted by Crippen LogP contribution is 2.34. The summed E-state index contributed by atoms with van der Waals surface area (Å²) in [6.45, 7) is 3.24. The number of thioether (sulfide) groups is 1. The van der Waals surface area contributed by atoms with E-state index in [0.717, 1.165) is 38.9 Å². The van der Waals surface area contributed by atoms with Gasteiger partial charge < -0.3 is 10.6 Å². The highest BCUT2D eigenvalue weighted by atomic mass is 32.2. The Kier molecular flexibility index (Phi) is 4.86. The van der Waals surface area contributed by atoms with Crippen molar-refractivity contribution in [3.05, 3.63) is 18.0 Å². The summed E-state index contributed by atoms with van der Waals surface area (Å²) in [4.78, 5) is 3.17. The van der Waals surface area contributed by atoms with Crippen LogP contribution in [0.4, 0.5) is 0 Å². The molecule has 1 saturated heterocycles. The lowest BCUT2D eigenvalue weighted by Crippen LogP contribution is -2.49. The van der Waals surface area contributed by atoms with Gasteiger partial charge in [0.2, 0.25) is 0 Å². The van der Waals surface area contributed by atoms with Crippen LogP contribution in [0.25, 0.3) is 0 Å². The molecule has 6 heteroatoms. The molecular formula is C13H22N4S2. The summed E-state index contributed by atoms with van der Waals surface area (Å²) in [6.07, 6.45) is 7.15. The zero-order chi connectivity index (χ0) is 13.9. The molecule has 0 aliphatic carbocycles. The number of rotatable bonds is 5. The Labute approximate surface area is 124 Å². The van der Waals surface area contributed by atoms with Crippen LogP contribution >= 0.6 is 24.0 Å². The molecule has 0 saturated carbocycles. The van der Waals surface area contributed by atoms with E-state index < -0.39 is 0 Å². The third kappa shape index (κ3) is 3.30. The first-order chi connectivity index (χ1) is 9.07. The van der Waals surface area contributed by atoms with E-state index in [-0.39, 0.29) is 4.75 Å². The maximum Gasteiger partial charge on any atom is 0.0891 e. The van der Waals surface area contributed by atoms with Gasteiger partial charge in [0.15, 0.2) is 0 Å². The van der Waals surface area contributed by atoms with Gasteiger partial charge in [-0.1, -0.05) is 12.2 Å². The minimum absolute atomic E-state index is 0.0262. The molecule has 0 unspecified atom stereocenters. The van der Waals surface area contributed by atoms with E-state index in [1.807, 2.05) is 29.7 Å². The number of hydrogen-bond donors (Lipinski definition) is 1. The van der Waals surface area contributed by atoms with Crippen LogP contribution in [0.2, 0.25) is 0 Å². The molecule has 0 aromatic carbocycles. The van der Waals surface area contributed by atoms with Crippen molar-refractivity contribution in [2.24, 2.45) is 12.8 Å². The summed E-state index contributed by atoms with van der Waals surface area (Å²) in [6, 6.07) is 2.09. The second-order valence-corrected chi connectivity index (χ2v) is 6.73. The van der Waals surface area contributed by atoms with E-state index in [2.05, 4.69) is 22.3 Å². The molecule has 2 heterocycles. The van der Waals surface area contributed by atoms with E-state index in [1.165, 1.54) is 5.69 Å². The van der Waals surface area contributed by atoms with Crippen LogP contribution in [0.1, 0.15) is 18.5 Å². The van der Waals surface area contributed by atoms with Gasteiger partial charge in [-0.25, -0.2) is 0 Å². The van der Waals surface area contributed by atoms with Crippen LogP contribution < -0.4 is 5.73 Å². The lowest BCUT2D eigenvalue weighted by atomic mass is 9.95. The van der Waals surface area contributed by atoms with Gasteiger partial charge in [-0.15, -0.1) is 0 Å². The van der Waals surface area contributed by atoms with Crippen molar-refractivity contribution >= 4 is 29.0 Å². The lowest BCUT2D eigenvalue weighted by Gasteiger charge is -2.40. The first-order valence-corrected chi connectivity index (χ1v) is 8.25. The van der Waals surface area contributed by atoms with Crippen LogP contribution in [0.5, 0.6) is 0 Å². The third-order valence-electron chi connectivity index (χ3n) is 4.11. The van der Waals surface area contributed by atoms with Gasteiger partial charge in [-0.3, -0.25) is 4.68 Å². The molecule has 0 radical (unpaired) electrons. The average Bonchev–Trinajstić information content (AvgIpc) is 2.82. The number of likely N-dealkylation sites (tertiary alicyclic amines) is 1. The molecule has 1 aromatic heterocycles. The van der Waals surface area contributed by atoms with Crippen LogP contribution in [-0.2, 0) is 13.5 Å². The Morgan fingerprint density at radius 2 is 2.21 bits per heavy atom. The van der Waals surface area contributed by atoms with Gasteiger partial charge in [0, 0.05) is 31.9 Å². The molecule has 4 nitrogen and oxygen atoms in total. The van der Waals surface area contributed by atoms with Crippen molar-refractivity contribution in [2.75, 3.05) is 25.9 Å².